The van der Waals surface area contributed by atoms with E-state index in [4.69, 9.17) is 4.42 Å². The maximum absolute atomic E-state index is 12.6. The second-order valence-electron chi connectivity index (χ2n) is 6.43. The standard InChI is InChI=1S/C17H19N3O3/c21-12-7-11(8-12)14(13-3-1-2-6-18-13)20-17(22)15-16(10-4-5-10)23-9-19-15/h1-3,6,9-12,14,21H,4-5,7-8H2,(H,20,22)/t11?,12?,14-/m1/s1. The molecule has 1 atom stereocenters. The molecule has 2 saturated carbocycles. The van der Waals surface area contributed by atoms with Crippen molar-refractivity contribution in [2.45, 2.75) is 43.7 Å². The Hall–Kier alpha value is -2.21. The Balaban J connectivity index is 1.55. The van der Waals surface area contributed by atoms with Gasteiger partial charge in [0.25, 0.3) is 5.91 Å². The first kappa shape index (κ1) is 14.4. The molecule has 0 saturated heterocycles. The van der Waals surface area contributed by atoms with Crippen LogP contribution in [-0.2, 0) is 0 Å². The molecule has 2 aromatic rings. The molecular weight excluding hydrogens is 294 g/mol. The van der Waals surface area contributed by atoms with Crippen LogP contribution in [0.15, 0.2) is 35.2 Å². The predicted molar refractivity (Wildman–Crippen MR) is 81.7 cm³/mol. The van der Waals surface area contributed by atoms with E-state index in [2.05, 4.69) is 15.3 Å². The molecule has 2 aromatic heterocycles. The smallest absolute Gasteiger partial charge is 0.274 e. The van der Waals surface area contributed by atoms with Gasteiger partial charge >= 0.3 is 0 Å². The van der Waals surface area contributed by atoms with E-state index >= 15 is 0 Å². The summed E-state index contributed by atoms with van der Waals surface area (Å²) < 4.78 is 5.39. The Morgan fingerprint density at radius 1 is 1.30 bits per heavy atom. The second-order valence-corrected chi connectivity index (χ2v) is 6.43. The number of rotatable bonds is 5. The van der Waals surface area contributed by atoms with E-state index < -0.39 is 0 Å². The summed E-state index contributed by atoms with van der Waals surface area (Å²) in [7, 11) is 0. The zero-order valence-electron chi connectivity index (χ0n) is 12.7. The lowest BCUT2D eigenvalue weighted by atomic mass is 9.76. The Labute approximate surface area is 134 Å². The Morgan fingerprint density at radius 3 is 2.78 bits per heavy atom. The zero-order valence-corrected chi connectivity index (χ0v) is 12.7. The lowest BCUT2D eigenvalue weighted by molar-refractivity contribution is 0.0227. The molecule has 0 radical (unpaired) electrons. The summed E-state index contributed by atoms with van der Waals surface area (Å²) in [5.74, 6) is 0.991. The molecule has 2 heterocycles. The third kappa shape index (κ3) is 2.86. The molecule has 2 N–H and O–H groups in total. The van der Waals surface area contributed by atoms with Gasteiger partial charge in [0.15, 0.2) is 12.1 Å². The number of aliphatic hydroxyl groups excluding tert-OH is 1. The van der Waals surface area contributed by atoms with Gasteiger partial charge in [0.2, 0.25) is 0 Å². The fourth-order valence-electron chi connectivity index (χ4n) is 3.17. The summed E-state index contributed by atoms with van der Waals surface area (Å²) in [6.45, 7) is 0. The van der Waals surface area contributed by atoms with Crippen molar-refractivity contribution in [3.05, 3.63) is 47.9 Å². The van der Waals surface area contributed by atoms with Gasteiger partial charge in [-0.1, -0.05) is 6.07 Å². The number of carbonyl (C=O) groups excluding carboxylic acids is 1. The number of carbonyl (C=O) groups is 1. The molecule has 2 aliphatic rings. The highest BCUT2D eigenvalue weighted by molar-refractivity contribution is 5.93. The van der Waals surface area contributed by atoms with E-state index in [1.165, 1.54) is 6.39 Å². The number of nitrogens with one attached hydrogen (secondary N) is 1. The molecule has 2 fully saturated rings. The monoisotopic (exact) mass is 313 g/mol. The summed E-state index contributed by atoms with van der Waals surface area (Å²) in [5.41, 5.74) is 1.20. The van der Waals surface area contributed by atoms with Gasteiger partial charge in [0.05, 0.1) is 17.8 Å². The largest absolute Gasteiger partial charge is 0.447 e. The number of aliphatic hydroxyl groups is 1. The molecule has 0 spiro atoms. The highest BCUT2D eigenvalue weighted by atomic mass is 16.3. The highest BCUT2D eigenvalue weighted by Gasteiger charge is 2.38. The first-order valence-corrected chi connectivity index (χ1v) is 8.05. The van der Waals surface area contributed by atoms with Gasteiger partial charge in [0.1, 0.15) is 5.76 Å². The van der Waals surface area contributed by atoms with Gasteiger partial charge in [-0.25, -0.2) is 4.98 Å². The molecular formula is C17H19N3O3. The van der Waals surface area contributed by atoms with Gasteiger partial charge in [-0.2, -0.15) is 0 Å². The van der Waals surface area contributed by atoms with Crippen LogP contribution in [0.2, 0.25) is 0 Å². The van der Waals surface area contributed by atoms with Crippen molar-refractivity contribution in [1.82, 2.24) is 15.3 Å². The summed E-state index contributed by atoms with van der Waals surface area (Å²) in [4.78, 5) is 21.1. The molecule has 4 rings (SSSR count). The fourth-order valence-corrected chi connectivity index (χ4v) is 3.17. The van der Waals surface area contributed by atoms with Gasteiger partial charge in [0, 0.05) is 12.1 Å². The zero-order chi connectivity index (χ0) is 15.8. The van der Waals surface area contributed by atoms with Crippen molar-refractivity contribution < 1.29 is 14.3 Å². The lowest BCUT2D eigenvalue weighted by Crippen LogP contribution is -2.42. The van der Waals surface area contributed by atoms with Crippen LogP contribution in [0.5, 0.6) is 0 Å². The van der Waals surface area contributed by atoms with Crippen LogP contribution in [0.1, 0.15) is 59.6 Å². The molecule has 0 unspecified atom stereocenters. The molecule has 6 heteroatoms. The Kier molecular flexibility index (Phi) is 3.61. The average Bonchev–Trinajstić information content (AvgIpc) is 3.27. The Morgan fingerprint density at radius 2 is 2.13 bits per heavy atom. The molecule has 120 valence electrons. The lowest BCUT2D eigenvalue weighted by Gasteiger charge is -2.37. The molecule has 0 aliphatic heterocycles. The minimum atomic E-state index is -0.280. The summed E-state index contributed by atoms with van der Waals surface area (Å²) in [6.07, 6.45) is 6.23. The minimum absolute atomic E-state index is 0.195. The van der Waals surface area contributed by atoms with E-state index in [-0.39, 0.29) is 24.0 Å². The number of amides is 1. The fraction of sp³-hybridized carbons (Fsp3) is 0.471. The highest BCUT2D eigenvalue weighted by Crippen LogP contribution is 2.42. The first-order valence-electron chi connectivity index (χ1n) is 8.05. The molecule has 1 amide bonds. The molecule has 6 nitrogen and oxygen atoms in total. The summed E-state index contributed by atoms with van der Waals surface area (Å²) >= 11 is 0. The SMILES string of the molecule is O=C(N[C@@H](c1ccccn1)C1CC(O)C1)c1ncoc1C1CC1. The van der Waals surface area contributed by atoms with Gasteiger partial charge in [-0.05, 0) is 43.7 Å². The number of pyridine rings is 1. The number of nitrogens with zero attached hydrogens (tertiary/aromatic N) is 2. The van der Waals surface area contributed by atoms with Gasteiger partial charge in [-0.15, -0.1) is 0 Å². The minimum Gasteiger partial charge on any atom is -0.447 e. The van der Waals surface area contributed by atoms with E-state index in [1.807, 2.05) is 18.2 Å². The van der Waals surface area contributed by atoms with Crippen LogP contribution >= 0.6 is 0 Å². The average molecular weight is 313 g/mol. The van der Waals surface area contributed by atoms with Gasteiger partial charge in [-0.3, -0.25) is 9.78 Å². The van der Waals surface area contributed by atoms with Crippen molar-refractivity contribution >= 4 is 5.91 Å². The predicted octanol–water partition coefficient (Wildman–Crippen LogP) is 2.19. The number of aromatic nitrogens is 2. The van der Waals surface area contributed by atoms with Crippen LogP contribution in [0.25, 0.3) is 0 Å². The quantitative estimate of drug-likeness (QED) is 0.883. The van der Waals surface area contributed by atoms with Crippen molar-refractivity contribution in [3.8, 4) is 0 Å². The van der Waals surface area contributed by atoms with E-state index in [0.717, 1.165) is 18.5 Å². The van der Waals surface area contributed by atoms with Crippen molar-refractivity contribution in [3.63, 3.8) is 0 Å². The molecule has 2 aliphatic carbocycles. The Bertz CT molecular complexity index is 690. The maximum atomic E-state index is 12.6. The van der Waals surface area contributed by atoms with E-state index in [9.17, 15) is 9.90 Å². The van der Waals surface area contributed by atoms with E-state index in [0.29, 0.717) is 30.2 Å². The van der Waals surface area contributed by atoms with Crippen molar-refractivity contribution in [2.75, 3.05) is 0 Å². The third-order valence-corrected chi connectivity index (χ3v) is 4.67. The molecule has 23 heavy (non-hydrogen) atoms. The summed E-state index contributed by atoms with van der Waals surface area (Å²) in [6, 6.07) is 5.44. The van der Waals surface area contributed by atoms with Crippen molar-refractivity contribution in [1.29, 1.82) is 0 Å². The van der Waals surface area contributed by atoms with Crippen LogP contribution in [0.4, 0.5) is 0 Å². The van der Waals surface area contributed by atoms with Crippen molar-refractivity contribution in [2.24, 2.45) is 5.92 Å². The second kappa shape index (κ2) is 5.77. The summed E-state index contributed by atoms with van der Waals surface area (Å²) in [5, 5.41) is 12.6. The van der Waals surface area contributed by atoms with Crippen LogP contribution in [0, 0.1) is 5.92 Å². The first-order chi connectivity index (χ1) is 11.2. The van der Waals surface area contributed by atoms with Gasteiger partial charge < -0.3 is 14.8 Å². The number of oxazole rings is 1. The number of hydrogen-bond acceptors (Lipinski definition) is 5. The topological polar surface area (TPSA) is 88.2 Å². The molecule has 0 aromatic carbocycles. The van der Waals surface area contributed by atoms with Crippen LogP contribution in [-0.4, -0.2) is 27.1 Å². The maximum Gasteiger partial charge on any atom is 0.274 e. The molecule has 0 bridgehead atoms. The normalized spacial score (nSPS) is 24.7. The van der Waals surface area contributed by atoms with Crippen LogP contribution < -0.4 is 5.32 Å². The van der Waals surface area contributed by atoms with Crippen LogP contribution in [0.3, 0.4) is 0 Å². The number of hydrogen-bond donors (Lipinski definition) is 2. The van der Waals surface area contributed by atoms with E-state index in [1.54, 1.807) is 6.20 Å². The third-order valence-electron chi connectivity index (χ3n) is 4.67.